The molecule has 0 amide bonds. The van der Waals surface area contributed by atoms with Crippen LogP contribution >= 0.6 is 0 Å². The standard InChI is InChI=1S/C11H13N5O2/c1-4-18-9(3)10-11(13-6-5-12-10)16-14-8(2)7-15(16)17/h5-7H,3-4H2,1-2H3. The number of hydrogen-bond donors (Lipinski definition) is 0. The molecule has 0 spiro atoms. The van der Waals surface area contributed by atoms with Crippen molar-refractivity contribution in [2.75, 3.05) is 6.61 Å². The second kappa shape index (κ2) is 4.82. The van der Waals surface area contributed by atoms with Gasteiger partial charge in [-0.2, -0.15) is 4.85 Å². The SMILES string of the molecule is C=C(OCC)c1nccnc1-n1nc(C)c[n+]1[O-]. The number of rotatable bonds is 4. The minimum absolute atomic E-state index is 0.291. The topological polar surface area (TPSA) is 79.8 Å². The lowest BCUT2D eigenvalue weighted by atomic mass is 10.3. The molecule has 0 bridgehead atoms. The maximum absolute atomic E-state index is 11.7. The molecule has 0 fully saturated rings. The zero-order valence-corrected chi connectivity index (χ0v) is 10.2. The number of ether oxygens (including phenoxy) is 1. The van der Waals surface area contributed by atoms with Crippen molar-refractivity contribution in [3.63, 3.8) is 0 Å². The zero-order valence-electron chi connectivity index (χ0n) is 10.2. The minimum atomic E-state index is 0.291. The fourth-order valence-corrected chi connectivity index (χ4v) is 1.49. The van der Waals surface area contributed by atoms with E-state index in [1.807, 2.05) is 6.92 Å². The van der Waals surface area contributed by atoms with Crippen LogP contribution in [-0.2, 0) is 4.74 Å². The summed E-state index contributed by atoms with van der Waals surface area (Å²) in [4.78, 5) is 9.92. The highest BCUT2D eigenvalue weighted by Crippen LogP contribution is 2.16. The molecule has 0 atom stereocenters. The summed E-state index contributed by atoms with van der Waals surface area (Å²) in [5.74, 6) is 0.646. The molecule has 0 aromatic carbocycles. The van der Waals surface area contributed by atoms with Gasteiger partial charge in [0.05, 0.1) is 11.7 Å². The van der Waals surface area contributed by atoms with Gasteiger partial charge in [0.1, 0.15) is 5.76 Å². The van der Waals surface area contributed by atoms with Crippen LogP contribution in [0.1, 0.15) is 18.3 Å². The summed E-state index contributed by atoms with van der Waals surface area (Å²) in [6.45, 7) is 7.78. The summed E-state index contributed by atoms with van der Waals surface area (Å²) in [6.07, 6.45) is 4.34. The maximum atomic E-state index is 11.7. The van der Waals surface area contributed by atoms with Crippen molar-refractivity contribution in [2.45, 2.75) is 13.8 Å². The monoisotopic (exact) mass is 247 g/mol. The van der Waals surface area contributed by atoms with E-state index in [0.717, 1.165) is 4.80 Å². The van der Waals surface area contributed by atoms with Gasteiger partial charge in [-0.05, 0) is 6.92 Å². The van der Waals surface area contributed by atoms with Gasteiger partial charge in [0.15, 0.2) is 11.9 Å². The van der Waals surface area contributed by atoms with E-state index in [2.05, 4.69) is 21.6 Å². The van der Waals surface area contributed by atoms with Crippen molar-refractivity contribution in [3.8, 4) is 5.82 Å². The van der Waals surface area contributed by atoms with Crippen LogP contribution in [0, 0.1) is 12.1 Å². The number of aromatic nitrogens is 5. The molecule has 0 aliphatic carbocycles. The number of hydrogen-bond acceptors (Lipinski definition) is 5. The first-order valence-electron chi connectivity index (χ1n) is 5.43. The highest BCUT2D eigenvalue weighted by Gasteiger charge is 2.19. The van der Waals surface area contributed by atoms with Gasteiger partial charge in [-0.25, -0.2) is 9.97 Å². The van der Waals surface area contributed by atoms with Gasteiger partial charge in [0.25, 0.3) is 0 Å². The summed E-state index contributed by atoms with van der Waals surface area (Å²) in [6, 6.07) is 0. The molecule has 0 unspecified atom stereocenters. The lowest BCUT2D eigenvalue weighted by Crippen LogP contribution is -2.37. The number of nitrogens with zero attached hydrogens (tertiary/aromatic N) is 5. The average molecular weight is 247 g/mol. The molecule has 7 nitrogen and oxygen atoms in total. The van der Waals surface area contributed by atoms with Gasteiger partial charge in [-0.15, -0.1) is 0 Å². The van der Waals surface area contributed by atoms with E-state index < -0.39 is 0 Å². The van der Waals surface area contributed by atoms with E-state index >= 15 is 0 Å². The quantitative estimate of drug-likeness (QED) is 0.449. The average Bonchev–Trinajstić information content (AvgIpc) is 2.69. The van der Waals surface area contributed by atoms with Crippen molar-refractivity contribution in [1.82, 2.24) is 19.9 Å². The molecule has 18 heavy (non-hydrogen) atoms. The molecule has 2 heterocycles. The first-order valence-corrected chi connectivity index (χ1v) is 5.43. The molecule has 94 valence electrons. The van der Waals surface area contributed by atoms with Crippen LogP contribution in [0.15, 0.2) is 25.2 Å². The largest absolute Gasteiger partial charge is 0.692 e. The molecular weight excluding hydrogens is 234 g/mol. The summed E-state index contributed by atoms with van der Waals surface area (Å²) in [7, 11) is 0. The van der Waals surface area contributed by atoms with Crippen LogP contribution in [0.5, 0.6) is 0 Å². The normalized spacial score (nSPS) is 10.3. The molecule has 0 saturated heterocycles. The van der Waals surface area contributed by atoms with Gasteiger partial charge < -0.3 is 9.94 Å². The highest BCUT2D eigenvalue weighted by molar-refractivity contribution is 5.59. The molecule has 0 aliphatic heterocycles. The Labute approximate surface area is 104 Å². The van der Waals surface area contributed by atoms with Crippen LogP contribution in [0.25, 0.3) is 11.6 Å². The second-order valence-corrected chi connectivity index (χ2v) is 3.55. The van der Waals surface area contributed by atoms with E-state index in [0.29, 0.717) is 34.4 Å². The Morgan fingerprint density at radius 3 is 2.83 bits per heavy atom. The molecule has 0 saturated carbocycles. The lowest BCUT2D eigenvalue weighted by molar-refractivity contribution is -0.689. The highest BCUT2D eigenvalue weighted by atomic mass is 16.5. The lowest BCUT2D eigenvalue weighted by Gasteiger charge is -2.09. The molecule has 2 aromatic rings. The Bertz CT molecular complexity index is 579. The van der Waals surface area contributed by atoms with Crippen LogP contribution in [0.4, 0.5) is 0 Å². The van der Waals surface area contributed by atoms with Gasteiger partial charge >= 0.3 is 0 Å². The van der Waals surface area contributed by atoms with E-state index in [1.165, 1.54) is 18.6 Å². The third kappa shape index (κ3) is 2.15. The van der Waals surface area contributed by atoms with Crippen molar-refractivity contribution in [1.29, 1.82) is 0 Å². The third-order valence-electron chi connectivity index (χ3n) is 2.19. The molecule has 0 radical (unpaired) electrons. The fourth-order valence-electron chi connectivity index (χ4n) is 1.49. The first-order chi connectivity index (χ1) is 8.63. The maximum Gasteiger partial charge on any atom is 0.247 e. The first kappa shape index (κ1) is 12.0. The smallest absolute Gasteiger partial charge is 0.247 e. The predicted molar refractivity (Wildman–Crippen MR) is 63.5 cm³/mol. The van der Waals surface area contributed by atoms with E-state index in [4.69, 9.17) is 4.74 Å². The van der Waals surface area contributed by atoms with Gasteiger partial charge in [0.2, 0.25) is 11.5 Å². The molecule has 0 N–H and O–H groups in total. The van der Waals surface area contributed by atoms with Crippen molar-refractivity contribution in [2.24, 2.45) is 0 Å². The Morgan fingerprint density at radius 2 is 2.22 bits per heavy atom. The summed E-state index contributed by atoms with van der Waals surface area (Å²) < 4.78 is 5.29. The van der Waals surface area contributed by atoms with Crippen LogP contribution < -0.4 is 4.85 Å². The molecular formula is C11H13N5O2. The summed E-state index contributed by atoms with van der Waals surface area (Å²) in [5, 5.41) is 15.7. The fraction of sp³-hybridized carbons (Fsp3) is 0.273. The van der Waals surface area contributed by atoms with Gasteiger partial charge in [-0.3, -0.25) is 0 Å². The van der Waals surface area contributed by atoms with Crippen LogP contribution in [0.2, 0.25) is 0 Å². The number of aryl methyl sites for hydroxylation is 1. The Morgan fingerprint density at radius 1 is 1.50 bits per heavy atom. The Hall–Kier alpha value is -2.44. The van der Waals surface area contributed by atoms with Crippen molar-refractivity contribution in [3.05, 3.63) is 41.8 Å². The van der Waals surface area contributed by atoms with E-state index in [-0.39, 0.29) is 0 Å². The van der Waals surface area contributed by atoms with Gasteiger partial charge in [-0.1, -0.05) is 6.58 Å². The van der Waals surface area contributed by atoms with Crippen LogP contribution in [0.3, 0.4) is 0 Å². The second-order valence-electron chi connectivity index (χ2n) is 3.55. The molecule has 0 aliphatic rings. The van der Waals surface area contributed by atoms with E-state index in [9.17, 15) is 5.21 Å². The molecule has 2 aromatic heterocycles. The predicted octanol–water partition coefficient (Wildman–Crippen LogP) is 0.611. The van der Waals surface area contributed by atoms with Crippen molar-refractivity contribution < 1.29 is 9.58 Å². The Balaban J connectivity index is 2.51. The summed E-state index contributed by atoms with van der Waals surface area (Å²) >= 11 is 0. The minimum Gasteiger partial charge on any atom is -0.692 e. The van der Waals surface area contributed by atoms with E-state index in [1.54, 1.807) is 6.92 Å². The summed E-state index contributed by atoms with van der Waals surface area (Å²) in [5.41, 5.74) is 0.982. The molecule has 2 rings (SSSR count). The third-order valence-corrected chi connectivity index (χ3v) is 2.19. The van der Waals surface area contributed by atoms with Gasteiger partial charge in [0, 0.05) is 24.1 Å². The zero-order chi connectivity index (χ0) is 13.1. The molecule has 7 heteroatoms. The Kier molecular flexibility index (Phi) is 3.22. The van der Waals surface area contributed by atoms with Crippen molar-refractivity contribution >= 4 is 5.76 Å². The van der Waals surface area contributed by atoms with Crippen LogP contribution in [-0.4, -0.2) is 26.5 Å².